The third-order valence-corrected chi connectivity index (χ3v) is 6.26. The largest absolute Gasteiger partial charge is 0.497 e. The van der Waals surface area contributed by atoms with Crippen molar-refractivity contribution in [1.82, 2.24) is 15.0 Å². The fourth-order valence-electron chi connectivity index (χ4n) is 4.19. The number of hydrogen-bond donors (Lipinski definition) is 1. The molecule has 3 rings (SSSR count). The molecule has 0 unspecified atom stereocenters. The summed E-state index contributed by atoms with van der Waals surface area (Å²) in [6.45, 7) is 5.44. The Hall–Kier alpha value is -3.95. The van der Waals surface area contributed by atoms with Gasteiger partial charge in [-0.3, -0.25) is 4.79 Å². The standard InChI is InChI=1S/C29H33F3N4O3/c1-5-27(37)36-25-15-23(38-3)13-12-20(25)8-6-10-24-22(16-29(30,31)32)18-33-26(35-24)11-7-9-21-14-28(39-4)34-17-19(21)2/h5,12-15,17-18H,1,6-11,16H2,2-4H3,(H,36,37). The Morgan fingerprint density at radius 1 is 0.974 bits per heavy atom. The van der Waals surface area contributed by atoms with Gasteiger partial charge in [0.05, 0.1) is 20.6 Å². The first-order valence-corrected chi connectivity index (χ1v) is 12.6. The van der Waals surface area contributed by atoms with Gasteiger partial charge < -0.3 is 14.8 Å². The molecule has 0 aliphatic carbocycles. The number of carbonyl (C=O) groups excluding carboxylic acids is 1. The summed E-state index contributed by atoms with van der Waals surface area (Å²) in [5.74, 6) is 1.26. The molecule has 0 saturated carbocycles. The van der Waals surface area contributed by atoms with Gasteiger partial charge >= 0.3 is 6.18 Å². The van der Waals surface area contributed by atoms with E-state index in [4.69, 9.17) is 9.47 Å². The summed E-state index contributed by atoms with van der Waals surface area (Å²) in [5, 5.41) is 2.76. The average molecular weight is 543 g/mol. The second kappa shape index (κ2) is 13.7. The maximum absolute atomic E-state index is 13.2. The number of halogens is 3. The van der Waals surface area contributed by atoms with Gasteiger partial charge in [-0.25, -0.2) is 15.0 Å². The Morgan fingerprint density at radius 2 is 1.72 bits per heavy atom. The molecule has 3 aromatic rings. The molecule has 2 heterocycles. The topological polar surface area (TPSA) is 86.2 Å². The van der Waals surface area contributed by atoms with Gasteiger partial charge in [-0.15, -0.1) is 0 Å². The van der Waals surface area contributed by atoms with Crippen molar-refractivity contribution in [3.63, 3.8) is 0 Å². The van der Waals surface area contributed by atoms with E-state index in [2.05, 4.69) is 26.8 Å². The van der Waals surface area contributed by atoms with E-state index in [9.17, 15) is 18.0 Å². The van der Waals surface area contributed by atoms with E-state index in [0.29, 0.717) is 54.5 Å². The number of amides is 1. The number of ether oxygens (including phenoxy) is 2. The summed E-state index contributed by atoms with van der Waals surface area (Å²) in [4.78, 5) is 24.8. The lowest BCUT2D eigenvalue weighted by Gasteiger charge is -2.14. The Balaban J connectivity index is 1.72. The highest BCUT2D eigenvalue weighted by molar-refractivity contribution is 5.99. The molecule has 0 atom stereocenters. The second-order valence-electron chi connectivity index (χ2n) is 9.13. The first kappa shape index (κ1) is 29.6. The average Bonchev–Trinajstić information content (AvgIpc) is 2.90. The zero-order chi connectivity index (χ0) is 28.4. The molecular weight excluding hydrogens is 509 g/mol. The maximum Gasteiger partial charge on any atom is 0.393 e. The van der Waals surface area contributed by atoms with E-state index in [1.54, 1.807) is 25.4 Å². The van der Waals surface area contributed by atoms with Crippen molar-refractivity contribution in [2.45, 2.75) is 58.0 Å². The third kappa shape index (κ3) is 9.08. The Kier molecular flexibility index (Phi) is 10.4. The molecular formula is C29H33F3N4O3. The summed E-state index contributed by atoms with van der Waals surface area (Å²) in [6, 6.07) is 7.19. The number of nitrogens with zero attached hydrogens (tertiary/aromatic N) is 3. The van der Waals surface area contributed by atoms with Crippen LogP contribution in [0.15, 0.2) is 49.3 Å². The van der Waals surface area contributed by atoms with Crippen molar-refractivity contribution < 1.29 is 27.4 Å². The molecule has 0 aliphatic rings. The number of carbonyl (C=O) groups is 1. The van der Waals surface area contributed by atoms with E-state index in [1.807, 2.05) is 19.1 Å². The first-order valence-electron chi connectivity index (χ1n) is 12.6. The van der Waals surface area contributed by atoms with Gasteiger partial charge in [0.15, 0.2) is 0 Å². The van der Waals surface area contributed by atoms with Crippen LogP contribution in [0.5, 0.6) is 11.6 Å². The summed E-state index contributed by atoms with van der Waals surface area (Å²) < 4.78 is 50.2. The number of rotatable bonds is 13. The minimum atomic E-state index is -4.37. The second-order valence-corrected chi connectivity index (χ2v) is 9.13. The fraction of sp³-hybridized carbons (Fsp3) is 0.379. The number of hydrogen-bond acceptors (Lipinski definition) is 6. The van der Waals surface area contributed by atoms with Gasteiger partial charge in [-0.2, -0.15) is 13.2 Å². The van der Waals surface area contributed by atoms with Crippen LogP contribution in [0.1, 0.15) is 46.6 Å². The van der Waals surface area contributed by atoms with Gasteiger partial charge in [0.2, 0.25) is 11.8 Å². The van der Waals surface area contributed by atoms with Crippen LogP contribution in [-0.4, -0.2) is 41.3 Å². The van der Waals surface area contributed by atoms with Crippen LogP contribution >= 0.6 is 0 Å². The molecule has 0 radical (unpaired) electrons. The van der Waals surface area contributed by atoms with Crippen LogP contribution in [-0.2, 0) is 36.9 Å². The summed E-state index contributed by atoms with van der Waals surface area (Å²) in [6.07, 6.45) is 2.15. The first-order chi connectivity index (χ1) is 18.6. The molecule has 39 heavy (non-hydrogen) atoms. The van der Waals surface area contributed by atoms with Crippen molar-refractivity contribution in [2.75, 3.05) is 19.5 Å². The van der Waals surface area contributed by atoms with Gasteiger partial charge in [0.1, 0.15) is 11.6 Å². The van der Waals surface area contributed by atoms with Gasteiger partial charge in [0, 0.05) is 47.9 Å². The highest BCUT2D eigenvalue weighted by Gasteiger charge is 2.29. The van der Waals surface area contributed by atoms with E-state index in [0.717, 1.165) is 29.5 Å². The van der Waals surface area contributed by atoms with Crippen LogP contribution < -0.4 is 14.8 Å². The maximum atomic E-state index is 13.2. The number of methoxy groups -OCH3 is 2. The van der Waals surface area contributed by atoms with Crippen LogP contribution in [0.4, 0.5) is 18.9 Å². The molecule has 1 amide bonds. The predicted molar refractivity (Wildman–Crippen MR) is 143 cm³/mol. The molecule has 0 saturated heterocycles. The number of alkyl halides is 3. The minimum absolute atomic E-state index is 0.0795. The van der Waals surface area contributed by atoms with Crippen molar-refractivity contribution in [3.05, 3.63) is 83.1 Å². The van der Waals surface area contributed by atoms with Gasteiger partial charge in [0.25, 0.3) is 0 Å². The predicted octanol–water partition coefficient (Wildman–Crippen LogP) is 5.78. The highest BCUT2D eigenvalue weighted by atomic mass is 19.4. The Labute approximate surface area is 226 Å². The molecule has 0 spiro atoms. The van der Waals surface area contributed by atoms with Crippen LogP contribution in [0.25, 0.3) is 0 Å². The van der Waals surface area contributed by atoms with Gasteiger partial charge in [-0.1, -0.05) is 12.6 Å². The van der Waals surface area contributed by atoms with Crippen molar-refractivity contribution in [3.8, 4) is 11.6 Å². The molecule has 7 nitrogen and oxygen atoms in total. The minimum Gasteiger partial charge on any atom is -0.497 e. The molecule has 208 valence electrons. The molecule has 0 fully saturated rings. The third-order valence-electron chi connectivity index (χ3n) is 6.26. The Morgan fingerprint density at radius 3 is 2.41 bits per heavy atom. The number of pyridine rings is 1. The van der Waals surface area contributed by atoms with Crippen molar-refractivity contribution >= 4 is 11.6 Å². The summed E-state index contributed by atoms with van der Waals surface area (Å²) in [5.41, 5.74) is 4.01. The lowest BCUT2D eigenvalue weighted by atomic mass is 10.0. The number of nitrogens with one attached hydrogen (secondary N) is 1. The molecule has 2 aromatic heterocycles. The summed E-state index contributed by atoms with van der Waals surface area (Å²) >= 11 is 0. The lowest BCUT2D eigenvalue weighted by Crippen LogP contribution is -2.16. The fourth-order valence-corrected chi connectivity index (χ4v) is 4.19. The van der Waals surface area contributed by atoms with E-state index in [1.165, 1.54) is 19.4 Å². The van der Waals surface area contributed by atoms with Crippen LogP contribution in [0, 0.1) is 6.92 Å². The van der Waals surface area contributed by atoms with E-state index < -0.39 is 12.6 Å². The smallest absolute Gasteiger partial charge is 0.393 e. The van der Waals surface area contributed by atoms with Crippen LogP contribution in [0.2, 0.25) is 0 Å². The molecule has 1 aromatic carbocycles. The molecule has 0 aliphatic heterocycles. The van der Waals surface area contributed by atoms with E-state index >= 15 is 0 Å². The normalized spacial score (nSPS) is 11.2. The SMILES string of the molecule is C=CC(=O)Nc1cc(OC)ccc1CCCc1nc(CCCc2cc(OC)ncc2C)ncc1CC(F)(F)F. The number of benzene rings is 1. The quantitative estimate of drug-likeness (QED) is 0.276. The van der Waals surface area contributed by atoms with Crippen molar-refractivity contribution in [1.29, 1.82) is 0 Å². The summed E-state index contributed by atoms with van der Waals surface area (Å²) in [7, 11) is 3.09. The van der Waals surface area contributed by atoms with Gasteiger partial charge in [-0.05, 0) is 67.9 Å². The van der Waals surface area contributed by atoms with Crippen LogP contribution in [0.3, 0.4) is 0 Å². The van der Waals surface area contributed by atoms with Crippen molar-refractivity contribution in [2.24, 2.45) is 0 Å². The molecule has 1 N–H and O–H groups in total. The number of aryl methyl sites for hydroxylation is 5. The zero-order valence-electron chi connectivity index (χ0n) is 22.4. The molecule has 0 bridgehead atoms. The number of anilines is 1. The lowest BCUT2D eigenvalue weighted by molar-refractivity contribution is -0.127. The highest BCUT2D eigenvalue weighted by Crippen LogP contribution is 2.26. The van der Waals surface area contributed by atoms with E-state index in [-0.39, 0.29) is 11.5 Å². The molecule has 10 heteroatoms. The Bertz CT molecular complexity index is 1300. The number of aromatic nitrogens is 3. The zero-order valence-corrected chi connectivity index (χ0v) is 22.4. The monoisotopic (exact) mass is 542 g/mol.